The van der Waals surface area contributed by atoms with E-state index < -0.39 is 0 Å². The van der Waals surface area contributed by atoms with E-state index in [4.69, 9.17) is 4.74 Å². The van der Waals surface area contributed by atoms with Gasteiger partial charge in [-0.15, -0.1) is 0 Å². The van der Waals surface area contributed by atoms with Gasteiger partial charge in [0.1, 0.15) is 0 Å². The molecule has 0 amide bonds. The highest BCUT2D eigenvalue weighted by Crippen LogP contribution is 2.18. The Labute approximate surface area is 122 Å². The first-order chi connectivity index (χ1) is 9.19. The van der Waals surface area contributed by atoms with Gasteiger partial charge in [-0.05, 0) is 30.2 Å². The molecule has 0 unspecified atom stereocenters. The van der Waals surface area contributed by atoms with Crippen molar-refractivity contribution in [1.82, 2.24) is 10.3 Å². The number of rotatable bonds is 5. The third kappa shape index (κ3) is 4.04. The predicted molar refractivity (Wildman–Crippen MR) is 80.2 cm³/mol. The minimum Gasteiger partial charge on any atom is -0.481 e. The quantitative estimate of drug-likeness (QED) is 0.912. The monoisotopic (exact) mass is 320 g/mol. The molecule has 0 aliphatic rings. The number of halogens is 1. The molecule has 0 saturated heterocycles. The summed E-state index contributed by atoms with van der Waals surface area (Å²) in [5.41, 5.74) is 2.40. The number of methoxy groups -OCH3 is 1. The Bertz CT molecular complexity index is 528. The van der Waals surface area contributed by atoms with Gasteiger partial charge in [0.25, 0.3) is 0 Å². The molecule has 1 aromatic heterocycles. The number of nitrogens with zero attached hydrogens (tertiary/aromatic N) is 1. The van der Waals surface area contributed by atoms with Crippen molar-refractivity contribution in [2.24, 2.45) is 0 Å². The predicted octanol–water partition coefficient (Wildman–Crippen LogP) is 3.70. The van der Waals surface area contributed by atoms with Crippen LogP contribution in [0.1, 0.15) is 24.1 Å². The molecule has 0 aliphatic heterocycles. The van der Waals surface area contributed by atoms with Crippen LogP contribution in [0.2, 0.25) is 0 Å². The molecule has 0 aliphatic carbocycles. The number of ether oxygens (including phenoxy) is 1. The van der Waals surface area contributed by atoms with Gasteiger partial charge in [-0.3, -0.25) is 0 Å². The lowest BCUT2D eigenvalue weighted by molar-refractivity contribution is 0.397. The van der Waals surface area contributed by atoms with E-state index >= 15 is 0 Å². The van der Waals surface area contributed by atoms with Crippen molar-refractivity contribution < 1.29 is 4.74 Å². The Kier molecular flexibility index (Phi) is 4.93. The number of hydrogen-bond acceptors (Lipinski definition) is 3. The zero-order valence-electron chi connectivity index (χ0n) is 11.1. The average molecular weight is 321 g/mol. The van der Waals surface area contributed by atoms with Gasteiger partial charge in [0.05, 0.1) is 7.11 Å². The normalized spacial score (nSPS) is 12.2. The SMILES string of the molecule is COc1ccc(CN[C@H](C)c2cccc(Br)c2)cn1. The summed E-state index contributed by atoms with van der Waals surface area (Å²) in [6.45, 7) is 2.93. The molecule has 1 N–H and O–H groups in total. The summed E-state index contributed by atoms with van der Waals surface area (Å²) in [6.07, 6.45) is 1.83. The molecule has 19 heavy (non-hydrogen) atoms. The fourth-order valence-corrected chi connectivity index (χ4v) is 2.22. The summed E-state index contributed by atoms with van der Waals surface area (Å²) in [5, 5.41) is 3.48. The van der Waals surface area contributed by atoms with Gasteiger partial charge in [-0.2, -0.15) is 0 Å². The van der Waals surface area contributed by atoms with Crippen LogP contribution in [0.3, 0.4) is 0 Å². The van der Waals surface area contributed by atoms with Crippen LogP contribution >= 0.6 is 15.9 Å². The van der Waals surface area contributed by atoms with Crippen LogP contribution in [0, 0.1) is 0 Å². The highest BCUT2D eigenvalue weighted by atomic mass is 79.9. The minimum absolute atomic E-state index is 0.291. The van der Waals surface area contributed by atoms with Crippen molar-refractivity contribution in [3.63, 3.8) is 0 Å². The van der Waals surface area contributed by atoms with E-state index in [0.29, 0.717) is 11.9 Å². The molecule has 4 heteroatoms. The summed E-state index contributed by atoms with van der Waals surface area (Å²) < 4.78 is 6.14. The lowest BCUT2D eigenvalue weighted by Crippen LogP contribution is -2.18. The fourth-order valence-electron chi connectivity index (χ4n) is 1.80. The van der Waals surface area contributed by atoms with E-state index in [1.807, 2.05) is 30.5 Å². The second kappa shape index (κ2) is 6.68. The topological polar surface area (TPSA) is 34.1 Å². The van der Waals surface area contributed by atoms with Gasteiger partial charge in [-0.1, -0.05) is 34.1 Å². The molecule has 0 saturated carbocycles. The number of pyridine rings is 1. The van der Waals surface area contributed by atoms with E-state index in [9.17, 15) is 0 Å². The van der Waals surface area contributed by atoms with Crippen molar-refractivity contribution in [3.05, 3.63) is 58.2 Å². The van der Waals surface area contributed by atoms with E-state index in [1.165, 1.54) is 5.56 Å². The molecule has 1 aromatic carbocycles. The Morgan fingerprint density at radius 2 is 2.16 bits per heavy atom. The zero-order valence-corrected chi connectivity index (χ0v) is 12.6. The minimum atomic E-state index is 0.291. The van der Waals surface area contributed by atoms with E-state index in [2.05, 4.69) is 45.3 Å². The van der Waals surface area contributed by atoms with Crippen LogP contribution in [0.15, 0.2) is 47.1 Å². The number of benzene rings is 1. The Balaban J connectivity index is 1.94. The molecule has 0 bridgehead atoms. The standard InChI is InChI=1S/C15H17BrN2O/c1-11(13-4-3-5-14(16)8-13)17-9-12-6-7-15(19-2)18-10-12/h3-8,10-11,17H,9H2,1-2H3/t11-/m1/s1. The maximum absolute atomic E-state index is 5.04. The summed E-state index contributed by atoms with van der Waals surface area (Å²) in [7, 11) is 1.62. The van der Waals surface area contributed by atoms with Crippen LogP contribution in [-0.2, 0) is 6.54 Å². The van der Waals surface area contributed by atoms with Crippen molar-refractivity contribution in [2.75, 3.05) is 7.11 Å². The molecule has 1 atom stereocenters. The summed E-state index contributed by atoms with van der Waals surface area (Å²) in [4.78, 5) is 4.19. The molecule has 100 valence electrons. The average Bonchev–Trinajstić information content (AvgIpc) is 2.45. The molecular formula is C15H17BrN2O. The van der Waals surface area contributed by atoms with Gasteiger partial charge in [0, 0.05) is 29.3 Å². The van der Waals surface area contributed by atoms with E-state index in [-0.39, 0.29) is 0 Å². The van der Waals surface area contributed by atoms with Gasteiger partial charge >= 0.3 is 0 Å². The summed E-state index contributed by atoms with van der Waals surface area (Å²) in [5.74, 6) is 0.642. The Morgan fingerprint density at radius 1 is 1.32 bits per heavy atom. The van der Waals surface area contributed by atoms with Gasteiger partial charge in [-0.25, -0.2) is 4.98 Å². The third-order valence-electron chi connectivity index (χ3n) is 2.97. The van der Waals surface area contributed by atoms with Crippen molar-refractivity contribution in [1.29, 1.82) is 0 Å². The van der Waals surface area contributed by atoms with Crippen molar-refractivity contribution in [3.8, 4) is 5.88 Å². The first-order valence-corrected chi connectivity index (χ1v) is 6.96. The Morgan fingerprint density at radius 3 is 2.79 bits per heavy atom. The highest BCUT2D eigenvalue weighted by molar-refractivity contribution is 9.10. The smallest absolute Gasteiger partial charge is 0.212 e. The number of hydrogen-bond donors (Lipinski definition) is 1. The fraction of sp³-hybridized carbons (Fsp3) is 0.267. The second-order valence-corrected chi connectivity index (χ2v) is 5.28. The molecule has 0 radical (unpaired) electrons. The number of aromatic nitrogens is 1. The zero-order chi connectivity index (χ0) is 13.7. The first-order valence-electron chi connectivity index (χ1n) is 6.17. The largest absolute Gasteiger partial charge is 0.481 e. The molecular weight excluding hydrogens is 304 g/mol. The van der Waals surface area contributed by atoms with E-state index in [0.717, 1.165) is 16.6 Å². The lowest BCUT2D eigenvalue weighted by atomic mass is 10.1. The lowest BCUT2D eigenvalue weighted by Gasteiger charge is -2.14. The van der Waals surface area contributed by atoms with Crippen LogP contribution in [0.5, 0.6) is 5.88 Å². The summed E-state index contributed by atoms with van der Waals surface area (Å²) >= 11 is 3.49. The van der Waals surface area contributed by atoms with Crippen LogP contribution in [-0.4, -0.2) is 12.1 Å². The Hall–Kier alpha value is -1.39. The molecule has 1 heterocycles. The summed E-state index contributed by atoms with van der Waals surface area (Å²) in [6, 6.07) is 12.5. The maximum Gasteiger partial charge on any atom is 0.212 e. The van der Waals surface area contributed by atoms with Crippen LogP contribution < -0.4 is 10.1 Å². The number of nitrogens with one attached hydrogen (secondary N) is 1. The maximum atomic E-state index is 5.04. The van der Waals surface area contributed by atoms with Crippen molar-refractivity contribution in [2.45, 2.75) is 19.5 Å². The molecule has 2 rings (SSSR count). The second-order valence-electron chi connectivity index (χ2n) is 4.37. The van der Waals surface area contributed by atoms with Crippen LogP contribution in [0.25, 0.3) is 0 Å². The first kappa shape index (κ1) is 14.0. The van der Waals surface area contributed by atoms with Crippen molar-refractivity contribution >= 4 is 15.9 Å². The highest BCUT2D eigenvalue weighted by Gasteiger charge is 2.05. The van der Waals surface area contributed by atoms with Crippen LogP contribution in [0.4, 0.5) is 0 Å². The van der Waals surface area contributed by atoms with Gasteiger partial charge in [0.15, 0.2) is 0 Å². The van der Waals surface area contributed by atoms with Gasteiger partial charge < -0.3 is 10.1 Å². The third-order valence-corrected chi connectivity index (χ3v) is 3.46. The molecule has 3 nitrogen and oxygen atoms in total. The molecule has 0 spiro atoms. The van der Waals surface area contributed by atoms with Gasteiger partial charge in [0.2, 0.25) is 5.88 Å². The molecule has 0 fully saturated rings. The van der Waals surface area contributed by atoms with E-state index in [1.54, 1.807) is 7.11 Å². The molecule has 2 aromatic rings.